The van der Waals surface area contributed by atoms with Crippen molar-refractivity contribution in [2.45, 2.75) is 34.6 Å². The van der Waals surface area contributed by atoms with Crippen LogP contribution in [0.1, 0.15) is 38.8 Å². The number of hydrogen-bond acceptors (Lipinski definition) is 2. The van der Waals surface area contributed by atoms with Crippen LogP contribution in [0.4, 0.5) is 5.69 Å². The summed E-state index contributed by atoms with van der Waals surface area (Å²) in [7, 11) is 0. The van der Waals surface area contributed by atoms with Gasteiger partial charge in [-0.15, -0.1) is 0 Å². The molecule has 1 rings (SSSR count). The summed E-state index contributed by atoms with van der Waals surface area (Å²) in [6, 6.07) is 6.37. The zero-order valence-electron chi connectivity index (χ0n) is 12.7. The van der Waals surface area contributed by atoms with E-state index in [2.05, 4.69) is 57.7 Å². The Morgan fingerprint density at radius 1 is 1.16 bits per heavy atom. The standard InChI is InChI=1S/C16H26N2S/c1-11(2)9-18(10-12(3)4)15-7-6-13(5)8-14(15)16(17)19/h6-8,11-12H,9-10H2,1-5H3,(H2,17,19). The Bertz CT molecular complexity index is 428. The average Bonchev–Trinajstić information content (AvgIpc) is 2.26. The van der Waals surface area contributed by atoms with Gasteiger partial charge in [0.15, 0.2) is 0 Å². The SMILES string of the molecule is Cc1ccc(N(CC(C)C)CC(C)C)c(C(N)=S)c1. The van der Waals surface area contributed by atoms with Gasteiger partial charge in [0.25, 0.3) is 0 Å². The second-order valence-corrected chi connectivity index (χ2v) is 6.52. The maximum absolute atomic E-state index is 5.89. The summed E-state index contributed by atoms with van der Waals surface area (Å²) in [5, 5.41) is 0. The van der Waals surface area contributed by atoms with Crippen LogP contribution >= 0.6 is 12.2 Å². The van der Waals surface area contributed by atoms with Crippen LogP contribution < -0.4 is 10.6 Å². The van der Waals surface area contributed by atoms with Crippen molar-refractivity contribution in [3.05, 3.63) is 29.3 Å². The van der Waals surface area contributed by atoms with Gasteiger partial charge in [-0.1, -0.05) is 51.5 Å². The summed E-state index contributed by atoms with van der Waals surface area (Å²) in [4.78, 5) is 2.89. The van der Waals surface area contributed by atoms with Gasteiger partial charge in [0.1, 0.15) is 4.99 Å². The van der Waals surface area contributed by atoms with Crippen LogP contribution in [0, 0.1) is 18.8 Å². The van der Waals surface area contributed by atoms with Crippen molar-refractivity contribution in [2.24, 2.45) is 17.6 Å². The van der Waals surface area contributed by atoms with Gasteiger partial charge in [0, 0.05) is 24.3 Å². The minimum absolute atomic E-state index is 0.483. The lowest BCUT2D eigenvalue weighted by Crippen LogP contribution is -2.33. The lowest BCUT2D eigenvalue weighted by molar-refractivity contribution is 0.552. The second kappa shape index (κ2) is 6.90. The highest BCUT2D eigenvalue weighted by atomic mass is 32.1. The summed E-state index contributed by atoms with van der Waals surface area (Å²) in [5.41, 5.74) is 9.25. The third-order valence-electron chi connectivity index (χ3n) is 2.93. The van der Waals surface area contributed by atoms with Crippen LogP contribution in [0.5, 0.6) is 0 Å². The molecule has 0 aliphatic rings. The minimum atomic E-state index is 0.483. The molecule has 0 heterocycles. The van der Waals surface area contributed by atoms with Crippen molar-refractivity contribution in [2.75, 3.05) is 18.0 Å². The largest absolute Gasteiger partial charge is 0.389 e. The molecule has 0 unspecified atom stereocenters. The van der Waals surface area contributed by atoms with Crippen molar-refractivity contribution in [3.63, 3.8) is 0 Å². The van der Waals surface area contributed by atoms with Crippen LogP contribution in [-0.2, 0) is 0 Å². The first-order valence-corrected chi connectivity index (χ1v) is 7.37. The van der Waals surface area contributed by atoms with Gasteiger partial charge in [0.05, 0.1) is 0 Å². The number of benzene rings is 1. The first-order chi connectivity index (χ1) is 8.81. The summed E-state index contributed by atoms with van der Waals surface area (Å²) < 4.78 is 0. The Labute approximate surface area is 123 Å². The molecule has 0 saturated carbocycles. The molecule has 1 aromatic carbocycles. The van der Waals surface area contributed by atoms with E-state index in [-0.39, 0.29) is 0 Å². The van der Waals surface area contributed by atoms with Crippen LogP contribution in [0.25, 0.3) is 0 Å². The van der Waals surface area contributed by atoms with Crippen molar-refractivity contribution in [1.82, 2.24) is 0 Å². The number of thiocarbonyl (C=S) groups is 1. The van der Waals surface area contributed by atoms with Gasteiger partial charge in [-0.05, 0) is 30.9 Å². The molecular weight excluding hydrogens is 252 g/mol. The quantitative estimate of drug-likeness (QED) is 0.804. The lowest BCUT2D eigenvalue weighted by Gasteiger charge is -2.30. The van der Waals surface area contributed by atoms with Crippen LogP contribution in [0.15, 0.2) is 18.2 Å². The third-order valence-corrected chi connectivity index (χ3v) is 3.15. The average molecular weight is 278 g/mol. The van der Waals surface area contributed by atoms with E-state index in [0.717, 1.165) is 18.7 Å². The Morgan fingerprint density at radius 2 is 1.68 bits per heavy atom. The molecule has 1 aromatic rings. The fourth-order valence-electron chi connectivity index (χ4n) is 2.28. The van der Waals surface area contributed by atoms with E-state index in [1.54, 1.807) is 0 Å². The molecule has 0 amide bonds. The molecule has 2 nitrogen and oxygen atoms in total. The zero-order chi connectivity index (χ0) is 14.6. The summed E-state index contributed by atoms with van der Waals surface area (Å²) in [5.74, 6) is 1.22. The Kier molecular flexibility index (Phi) is 5.80. The van der Waals surface area contributed by atoms with Crippen LogP contribution in [0.2, 0.25) is 0 Å². The first-order valence-electron chi connectivity index (χ1n) is 6.96. The van der Waals surface area contributed by atoms with Crippen molar-refractivity contribution in [1.29, 1.82) is 0 Å². The van der Waals surface area contributed by atoms with Gasteiger partial charge in [-0.25, -0.2) is 0 Å². The topological polar surface area (TPSA) is 29.3 Å². The number of nitrogens with two attached hydrogens (primary N) is 1. The van der Waals surface area contributed by atoms with E-state index >= 15 is 0 Å². The monoisotopic (exact) mass is 278 g/mol. The van der Waals surface area contributed by atoms with Gasteiger partial charge >= 0.3 is 0 Å². The molecule has 0 aromatic heterocycles. The highest BCUT2D eigenvalue weighted by Crippen LogP contribution is 2.24. The van der Waals surface area contributed by atoms with E-state index < -0.39 is 0 Å². The summed E-state index contributed by atoms with van der Waals surface area (Å²) in [6.45, 7) is 13.1. The van der Waals surface area contributed by atoms with Gasteiger partial charge < -0.3 is 10.6 Å². The Balaban J connectivity index is 3.16. The number of aryl methyl sites for hydroxylation is 1. The molecule has 0 aliphatic heterocycles. The molecule has 19 heavy (non-hydrogen) atoms. The molecule has 0 atom stereocenters. The molecule has 106 valence electrons. The van der Waals surface area contributed by atoms with E-state index in [0.29, 0.717) is 16.8 Å². The van der Waals surface area contributed by atoms with E-state index in [1.807, 2.05) is 0 Å². The molecule has 0 saturated heterocycles. The molecule has 2 N–H and O–H groups in total. The van der Waals surface area contributed by atoms with E-state index in [9.17, 15) is 0 Å². The molecule has 0 fully saturated rings. The van der Waals surface area contributed by atoms with E-state index in [4.69, 9.17) is 18.0 Å². The summed E-state index contributed by atoms with van der Waals surface area (Å²) in [6.07, 6.45) is 0. The normalized spacial score (nSPS) is 11.1. The fourth-order valence-corrected chi connectivity index (χ4v) is 2.44. The predicted molar refractivity (Wildman–Crippen MR) is 89.0 cm³/mol. The highest BCUT2D eigenvalue weighted by Gasteiger charge is 2.15. The molecule has 0 bridgehead atoms. The zero-order valence-corrected chi connectivity index (χ0v) is 13.6. The van der Waals surface area contributed by atoms with Crippen molar-refractivity contribution in [3.8, 4) is 0 Å². The predicted octanol–water partition coefficient (Wildman–Crippen LogP) is 3.75. The number of anilines is 1. The maximum Gasteiger partial charge on any atom is 0.106 e. The lowest BCUT2D eigenvalue weighted by atomic mass is 10.1. The van der Waals surface area contributed by atoms with Crippen LogP contribution in [0.3, 0.4) is 0 Å². The van der Waals surface area contributed by atoms with Crippen molar-refractivity contribution < 1.29 is 0 Å². The first kappa shape index (κ1) is 16.0. The van der Waals surface area contributed by atoms with Crippen LogP contribution in [-0.4, -0.2) is 18.1 Å². The Morgan fingerprint density at radius 3 is 2.11 bits per heavy atom. The molecule has 0 spiro atoms. The number of hydrogen-bond donors (Lipinski definition) is 1. The molecule has 0 radical (unpaired) electrons. The highest BCUT2D eigenvalue weighted by molar-refractivity contribution is 7.80. The Hall–Kier alpha value is -1.09. The smallest absolute Gasteiger partial charge is 0.106 e. The molecule has 3 heteroatoms. The third kappa shape index (κ3) is 4.83. The van der Waals surface area contributed by atoms with Gasteiger partial charge in [-0.3, -0.25) is 0 Å². The van der Waals surface area contributed by atoms with Gasteiger partial charge in [0.2, 0.25) is 0 Å². The van der Waals surface area contributed by atoms with Gasteiger partial charge in [-0.2, -0.15) is 0 Å². The number of nitrogens with zero attached hydrogens (tertiary/aromatic N) is 1. The second-order valence-electron chi connectivity index (χ2n) is 6.08. The van der Waals surface area contributed by atoms with Crippen molar-refractivity contribution >= 4 is 22.9 Å². The molecular formula is C16H26N2S. The fraction of sp³-hybridized carbons (Fsp3) is 0.562. The number of rotatable bonds is 6. The molecule has 0 aliphatic carbocycles. The summed E-state index contributed by atoms with van der Waals surface area (Å²) >= 11 is 5.21. The minimum Gasteiger partial charge on any atom is -0.389 e. The maximum atomic E-state index is 5.89. The van der Waals surface area contributed by atoms with E-state index in [1.165, 1.54) is 11.3 Å².